The van der Waals surface area contributed by atoms with Gasteiger partial charge in [-0.1, -0.05) is 0 Å². The van der Waals surface area contributed by atoms with Crippen LogP contribution < -0.4 is 5.32 Å². The summed E-state index contributed by atoms with van der Waals surface area (Å²) in [6, 6.07) is 0.707. The van der Waals surface area contributed by atoms with Gasteiger partial charge in [-0.05, 0) is 26.3 Å². The van der Waals surface area contributed by atoms with E-state index in [0.717, 1.165) is 19.6 Å². The maximum Gasteiger partial charge on any atom is 0.411 e. The fourth-order valence-corrected chi connectivity index (χ4v) is 1.48. The highest BCUT2D eigenvalue weighted by molar-refractivity contribution is 4.80. The molecule has 0 aromatic rings. The van der Waals surface area contributed by atoms with E-state index in [1.54, 1.807) is 0 Å². The number of nitrogens with one attached hydrogen (secondary N) is 1. The number of rotatable bonds is 9. The largest absolute Gasteiger partial charge is 0.411 e. The van der Waals surface area contributed by atoms with Crippen LogP contribution in [0.1, 0.15) is 19.3 Å². The van der Waals surface area contributed by atoms with Gasteiger partial charge in [-0.15, -0.1) is 0 Å². The van der Waals surface area contributed by atoms with Gasteiger partial charge in [-0.25, -0.2) is 0 Å². The molecule has 0 atom stereocenters. The highest BCUT2D eigenvalue weighted by Crippen LogP contribution is 2.18. The van der Waals surface area contributed by atoms with Crippen molar-refractivity contribution < 1.29 is 17.9 Å². The van der Waals surface area contributed by atoms with E-state index in [1.807, 2.05) is 7.05 Å². The first-order chi connectivity index (χ1) is 7.97. The van der Waals surface area contributed by atoms with Crippen molar-refractivity contribution in [2.45, 2.75) is 31.5 Å². The summed E-state index contributed by atoms with van der Waals surface area (Å²) in [6.45, 7) is 1.67. The second-order valence-electron chi connectivity index (χ2n) is 4.55. The lowest BCUT2D eigenvalue weighted by molar-refractivity contribution is -0.174. The van der Waals surface area contributed by atoms with E-state index in [0.29, 0.717) is 12.5 Å². The maximum absolute atomic E-state index is 11.7. The summed E-state index contributed by atoms with van der Waals surface area (Å²) >= 11 is 0. The Balaban J connectivity index is 1.83. The number of ether oxygens (including phenoxy) is 1. The van der Waals surface area contributed by atoms with Gasteiger partial charge in [0.15, 0.2) is 0 Å². The normalized spacial score (nSPS) is 16.8. The number of hydrogen-bond acceptors (Lipinski definition) is 3. The van der Waals surface area contributed by atoms with Crippen LogP contribution in [0.15, 0.2) is 0 Å². The van der Waals surface area contributed by atoms with Crippen molar-refractivity contribution in [3.05, 3.63) is 0 Å². The zero-order valence-electron chi connectivity index (χ0n) is 10.2. The lowest BCUT2D eigenvalue weighted by Gasteiger charge is -2.16. The first-order valence-electron chi connectivity index (χ1n) is 6.04. The second kappa shape index (κ2) is 7.18. The molecule has 102 valence electrons. The molecule has 0 heterocycles. The Morgan fingerprint density at radius 2 is 2.00 bits per heavy atom. The van der Waals surface area contributed by atoms with Crippen LogP contribution >= 0.6 is 0 Å². The number of halogens is 3. The molecule has 1 fully saturated rings. The summed E-state index contributed by atoms with van der Waals surface area (Å²) in [5.41, 5.74) is 0. The van der Waals surface area contributed by atoms with Gasteiger partial charge < -0.3 is 15.0 Å². The fraction of sp³-hybridized carbons (Fsp3) is 1.00. The van der Waals surface area contributed by atoms with E-state index >= 15 is 0 Å². The van der Waals surface area contributed by atoms with E-state index in [1.165, 1.54) is 12.8 Å². The van der Waals surface area contributed by atoms with Crippen molar-refractivity contribution in [1.29, 1.82) is 0 Å². The highest BCUT2D eigenvalue weighted by atomic mass is 19.4. The van der Waals surface area contributed by atoms with Crippen LogP contribution in [0.25, 0.3) is 0 Å². The van der Waals surface area contributed by atoms with Crippen molar-refractivity contribution in [3.63, 3.8) is 0 Å². The molecule has 1 aliphatic carbocycles. The molecule has 0 saturated heterocycles. The lowest BCUT2D eigenvalue weighted by Crippen LogP contribution is -2.31. The molecule has 0 unspecified atom stereocenters. The third-order valence-corrected chi connectivity index (χ3v) is 2.60. The van der Waals surface area contributed by atoms with Gasteiger partial charge in [0, 0.05) is 32.3 Å². The van der Waals surface area contributed by atoms with Gasteiger partial charge in [-0.2, -0.15) is 13.2 Å². The summed E-state index contributed by atoms with van der Waals surface area (Å²) in [5.74, 6) is 0. The Morgan fingerprint density at radius 3 is 2.59 bits per heavy atom. The standard InChI is InChI=1S/C11H21F3N2O/c1-16(7-5-15-10-3-4-10)6-2-8-17-9-11(12,13)14/h10,15H,2-9H2,1H3. The zero-order chi connectivity index (χ0) is 12.7. The molecule has 0 aliphatic heterocycles. The number of nitrogens with zero attached hydrogens (tertiary/aromatic N) is 1. The van der Waals surface area contributed by atoms with E-state index in [4.69, 9.17) is 0 Å². The summed E-state index contributed by atoms with van der Waals surface area (Å²) in [7, 11) is 1.97. The molecule has 1 rings (SSSR count). The molecule has 0 aromatic heterocycles. The molecule has 1 aliphatic rings. The van der Waals surface area contributed by atoms with Gasteiger partial charge in [0.25, 0.3) is 0 Å². The van der Waals surface area contributed by atoms with E-state index in [2.05, 4.69) is 15.0 Å². The van der Waals surface area contributed by atoms with Crippen LogP contribution in [0, 0.1) is 0 Å². The van der Waals surface area contributed by atoms with E-state index < -0.39 is 12.8 Å². The molecule has 1 saturated carbocycles. The fourth-order valence-electron chi connectivity index (χ4n) is 1.48. The molecule has 3 nitrogen and oxygen atoms in total. The van der Waals surface area contributed by atoms with Crippen LogP contribution in [0.3, 0.4) is 0 Å². The van der Waals surface area contributed by atoms with Crippen molar-refractivity contribution in [1.82, 2.24) is 10.2 Å². The number of alkyl halides is 3. The smallest absolute Gasteiger partial charge is 0.372 e. The first kappa shape index (κ1) is 14.7. The molecule has 0 bridgehead atoms. The minimum Gasteiger partial charge on any atom is -0.372 e. The molecular formula is C11H21F3N2O. The Hall–Kier alpha value is -0.330. The second-order valence-corrected chi connectivity index (χ2v) is 4.55. The summed E-state index contributed by atoms with van der Waals surface area (Å²) < 4.78 is 39.8. The zero-order valence-corrected chi connectivity index (χ0v) is 10.2. The van der Waals surface area contributed by atoms with Crippen molar-refractivity contribution >= 4 is 0 Å². The lowest BCUT2D eigenvalue weighted by atomic mass is 10.4. The summed E-state index contributed by atoms with van der Waals surface area (Å²) in [5, 5.41) is 3.39. The minimum atomic E-state index is -4.21. The van der Waals surface area contributed by atoms with Crippen LogP contribution in [-0.4, -0.2) is 57.0 Å². The van der Waals surface area contributed by atoms with E-state index in [9.17, 15) is 13.2 Å². The average molecular weight is 254 g/mol. The molecule has 6 heteroatoms. The van der Waals surface area contributed by atoms with Crippen molar-refractivity contribution in [3.8, 4) is 0 Å². The highest BCUT2D eigenvalue weighted by Gasteiger charge is 2.27. The van der Waals surface area contributed by atoms with Gasteiger partial charge in [0.1, 0.15) is 6.61 Å². The van der Waals surface area contributed by atoms with E-state index in [-0.39, 0.29) is 6.61 Å². The van der Waals surface area contributed by atoms with Crippen LogP contribution in [0.2, 0.25) is 0 Å². The first-order valence-corrected chi connectivity index (χ1v) is 6.04. The molecule has 0 radical (unpaired) electrons. The third-order valence-electron chi connectivity index (χ3n) is 2.60. The average Bonchev–Trinajstić information content (AvgIpc) is 2.99. The van der Waals surface area contributed by atoms with Crippen LogP contribution in [0.4, 0.5) is 13.2 Å². The predicted molar refractivity (Wildman–Crippen MR) is 60.0 cm³/mol. The molecular weight excluding hydrogens is 233 g/mol. The maximum atomic E-state index is 11.7. The van der Waals surface area contributed by atoms with Gasteiger partial charge >= 0.3 is 6.18 Å². The van der Waals surface area contributed by atoms with Gasteiger partial charge in [0.05, 0.1) is 0 Å². The Bertz CT molecular complexity index is 207. The quantitative estimate of drug-likeness (QED) is 0.633. The van der Waals surface area contributed by atoms with Crippen molar-refractivity contribution in [2.75, 3.05) is 39.9 Å². The molecule has 0 amide bonds. The van der Waals surface area contributed by atoms with Crippen molar-refractivity contribution in [2.24, 2.45) is 0 Å². The molecule has 1 N–H and O–H groups in total. The SMILES string of the molecule is CN(CCCOCC(F)(F)F)CCNC1CC1. The minimum absolute atomic E-state index is 0.167. The Morgan fingerprint density at radius 1 is 1.29 bits per heavy atom. The monoisotopic (exact) mass is 254 g/mol. The molecule has 0 spiro atoms. The number of hydrogen-bond donors (Lipinski definition) is 1. The molecule has 0 aromatic carbocycles. The van der Waals surface area contributed by atoms with Gasteiger partial charge in [-0.3, -0.25) is 0 Å². The summed E-state index contributed by atoms with van der Waals surface area (Å²) in [6.07, 6.45) is -1.03. The number of likely N-dealkylation sites (N-methyl/N-ethyl adjacent to an activating group) is 1. The van der Waals surface area contributed by atoms with Gasteiger partial charge in [0.2, 0.25) is 0 Å². The Kier molecular flexibility index (Phi) is 6.22. The third kappa shape index (κ3) is 9.38. The summed E-state index contributed by atoms with van der Waals surface area (Å²) in [4.78, 5) is 2.10. The topological polar surface area (TPSA) is 24.5 Å². The Labute approximate surface area is 100 Å². The molecule has 17 heavy (non-hydrogen) atoms. The van der Waals surface area contributed by atoms with Crippen LogP contribution in [-0.2, 0) is 4.74 Å². The predicted octanol–water partition coefficient (Wildman–Crippen LogP) is 1.64. The van der Waals surface area contributed by atoms with Crippen LogP contribution in [0.5, 0.6) is 0 Å².